The molecule has 0 saturated heterocycles. The van der Waals surface area contributed by atoms with Crippen LogP contribution in [0.15, 0.2) is 30.6 Å². The molecule has 0 radical (unpaired) electrons. The van der Waals surface area contributed by atoms with E-state index in [2.05, 4.69) is 28.3 Å². The molecule has 0 aliphatic heterocycles. The number of nitrogens with zero attached hydrogens (tertiary/aromatic N) is 4. The molecule has 3 rings (SSSR count). The van der Waals surface area contributed by atoms with Gasteiger partial charge in [0.2, 0.25) is 0 Å². The largest absolute Gasteiger partial charge is 0.382 e. The van der Waals surface area contributed by atoms with Crippen molar-refractivity contribution < 1.29 is 0 Å². The number of nitrogens with two attached hydrogens (primary N) is 1. The Bertz CT molecular complexity index is 903. The molecule has 2 aromatic heterocycles. The molecule has 6 heteroatoms. The molecule has 23 heavy (non-hydrogen) atoms. The van der Waals surface area contributed by atoms with Gasteiger partial charge in [0.25, 0.3) is 0 Å². The van der Waals surface area contributed by atoms with Gasteiger partial charge in [-0.25, -0.2) is 9.97 Å². The van der Waals surface area contributed by atoms with Crippen LogP contribution in [-0.2, 0) is 20.0 Å². The first-order valence-corrected chi connectivity index (χ1v) is 7.45. The summed E-state index contributed by atoms with van der Waals surface area (Å²) in [4.78, 5) is 8.65. The smallest absolute Gasteiger partial charge is 0.151 e. The molecule has 0 fully saturated rings. The van der Waals surface area contributed by atoms with E-state index in [1.165, 1.54) is 0 Å². The summed E-state index contributed by atoms with van der Waals surface area (Å²) in [6.45, 7) is 2.63. The predicted octanol–water partition coefficient (Wildman–Crippen LogP) is 2.60. The lowest BCUT2D eigenvalue weighted by Gasteiger charge is -2.11. The van der Waals surface area contributed by atoms with Gasteiger partial charge in [0.05, 0.1) is 35.7 Å². The Balaban J connectivity index is 1.86. The normalized spacial score (nSPS) is 10.7. The molecule has 0 amide bonds. The maximum absolute atomic E-state index is 8.99. The van der Waals surface area contributed by atoms with Crippen LogP contribution in [0.5, 0.6) is 0 Å². The summed E-state index contributed by atoms with van der Waals surface area (Å²) in [6, 6.07) is 9.81. The van der Waals surface area contributed by atoms with Crippen LogP contribution in [0.2, 0.25) is 0 Å². The van der Waals surface area contributed by atoms with Crippen molar-refractivity contribution in [3.05, 3.63) is 47.4 Å². The highest BCUT2D eigenvalue weighted by molar-refractivity contribution is 5.85. The Hall–Kier alpha value is -3.07. The van der Waals surface area contributed by atoms with Gasteiger partial charge in [-0.3, -0.25) is 0 Å². The quantitative estimate of drug-likeness (QED) is 0.773. The minimum Gasteiger partial charge on any atom is -0.382 e. The molecule has 2 heterocycles. The van der Waals surface area contributed by atoms with Crippen molar-refractivity contribution in [1.82, 2.24) is 14.5 Å². The van der Waals surface area contributed by atoms with E-state index in [-0.39, 0.29) is 0 Å². The number of nitriles is 1. The molecule has 116 valence electrons. The van der Waals surface area contributed by atoms with Gasteiger partial charge in [0.1, 0.15) is 5.52 Å². The lowest BCUT2D eigenvalue weighted by atomic mass is 10.1. The molecule has 0 bridgehead atoms. The van der Waals surface area contributed by atoms with Crippen molar-refractivity contribution in [3.8, 4) is 6.07 Å². The van der Waals surface area contributed by atoms with E-state index < -0.39 is 0 Å². The van der Waals surface area contributed by atoms with E-state index in [4.69, 9.17) is 11.0 Å². The zero-order valence-corrected chi connectivity index (χ0v) is 13.2. The van der Waals surface area contributed by atoms with Crippen LogP contribution >= 0.6 is 0 Å². The van der Waals surface area contributed by atoms with Gasteiger partial charge in [-0.2, -0.15) is 5.26 Å². The molecule has 3 N–H and O–H groups in total. The van der Waals surface area contributed by atoms with Crippen LogP contribution in [0.3, 0.4) is 0 Å². The topological polar surface area (TPSA) is 92.5 Å². The Morgan fingerprint density at radius 2 is 2.17 bits per heavy atom. The second-order valence-corrected chi connectivity index (χ2v) is 5.41. The third-order valence-electron chi connectivity index (χ3n) is 3.87. The van der Waals surface area contributed by atoms with Crippen molar-refractivity contribution in [2.75, 3.05) is 11.1 Å². The molecule has 0 atom stereocenters. The molecule has 0 spiro atoms. The standard InChI is InChI=1S/C17H18N6/c1-3-12-6-11(8-18)4-5-14(12)20-9-13-7-15-16(17(19)22-13)21-10-23(15)2/h4-7,10,20H,3,9H2,1-2H3,(H2,19,22). The van der Waals surface area contributed by atoms with Crippen LogP contribution in [-0.4, -0.2) is 14.5 Å². The molecule has 3 aromatic rings. The number of rotatable bonds is 4. The van der Waals surface area contributed by atoms with Crippen molar-refractivity contribution in [2.45, 2.75) is 19.9 Å². The number of nitrogens with one attached hydrogen (secondary N) is 1. The van der Waals surface area contributed by atoms with Gasteiger partial charge < -0.3 is 15.6 Å². The van der Waals surface area contributed by atoms with Crippen molar-refractivity contribution in [2.24, 2.45) is 7.05 Å². The van der Waals surface area contributed by atoms with E-state index in [0.717, 1.165) is 34.4 Å². The predicted molar refractivity (Wildman–Crippen MR) is 90.8 cm³/mol. The van der Waals surface area contributed by atoms with Crippen LogP contribution in [0.1, 0.15) is 23.7 Å². The fourth-order valence-corrected chi connectivity index (χ4v) is 2.61. The Labute approximate surface area is 134 Å². The third-order valence-corrected chi connectivity index (χ3v) is 3.87. The van der Waals surface area contributed by atoms with Crippen LogP contribution < -0.4 is 11.1 Å². The minimum atomic E-state index is 0.440. The highest BCUT2D eigenvalue weighted by Gasteiger charge is 2.08. The number of aromatic nitrogens is 3. The zero-order chi connectivity index (χ0) is 16.4. The third kappa shape index (κ3) is 2.81. The summed E-state index contributed by atoms with van der Waals surface area (Å²) in [6.07, 6.45) is 2.59. The maximum atomic E-state index is 8.99. The maximum Gasteiger partial charge on any atom is 0.151 e. The number of hydrogen-bond donors (Lipinski definition) is 2. The first-order chi connectivity index (χ1) is 11.1. The van der Waals surface area contributed by atoms with E-state index in [0.29, 0.717) is 17.9 Å². The second-order valence-electron chi connectivity index (χ2n) is 5.41. The van der Waals surface area contributed by atoms with Gasteiger partial charge in [-0.1, -0.05) is 6.92 Å². The number of imidazole rings is 1. The van der Waals surface area contributed by atoms with Gasteiger partial charge in [0, 0.05) is 12.7 Å². The number of nitrogen functional groups attached to an aromatic ring is 1. The van der Waals surface area contributed by atoms with Crippen LogP contribution in [0, 0.1) is 11.3 Å². The average Bonchev–Trinajstić information content (AvgIpc) is 2.94. The van der Waals surface area contributed by atoms with E-state index in [1.54, 1.807) is 6.33 Å². The molecular formula is C17H18N6. The van der Waals surface area contributed by atoms with Crippen molar-refractivity contribution in [1.29, 1.82) is 5.26 Å². The number of hydrogen-bond acceptors (Lipinski definition) is 5. The summed E-state index contributed by atoms with van der Waals surface area (Å²) < 4.78 is 1.93. The van der Waals surface area contributed by atoms with Crippen molar-refractivity contribution in [3.63, 3.8) is 0 Å². The van der Waals surface area contributed by atoms with Crippen molar-refractivity contribution >= 4 is 22.5 Å². The lowest BCUT2D eigenvalue weighted by Crippen LogP contribution is -2.06. The number of aryl methyl sites for hydroxylation is 2. The van der Waals surface area contributed by atoms with Crippen LogP contribution in [0.4, 0.5) is 11.5 Å². The molecule has 0 unspecified atom stereocenters. The molecular weight excluding hydrogens is 288 g/mol. The van der Waals surface area contributed by atoms with Gasteiger partial charge in [-0.05, 0) is 36.2 Å². The van der Waals surface area contributed by atoms with E-state index in [1.807, 2.05) is 35.9 Å². The van der Waals surface area contributed by atoms with Gasteiger partial charge >= 0.3 is 0 Å². The summed E-state index contributed by atoms with van der Waals surface area (Å²) in [5.41, 5.74) is 11.3. The summed E-state index contributed by atoms with van der Waals surface area (Å²) >= 11 is 0. The fourth-order valence-electron chi connectivity index (χ4n) is 2.61. The first kappa shape index (κ1) is 14.9. The molecule has 0 saturated carbocycles. The number of benzene rings is 1. The Morgan fingerprint density at radius 1 is 1.35 bits per heavy atom. The average molecular weight is 306 g/mol. The summed E-state index contributed by atoms with van der Waals surface area (Å²) in [7, 11) is 1.93. The minimum absolute atomic E-state index is 0.440. The van der Waals surface area contributed by atoms with E-state index >= 15 is 0 Å². The SMILES string of the molecule is CCc1cc(C#N)ccc1NCc1cc2c(ncn2C)c(N)n1. The Kier molecular flexibility index (Phi) is 3.85. The summed E-state index contributed by atoms with van der Waals surface area (Å²) in [5.74, 6) is 0.440. The Morgan fingerprint density at radius 3 is 2.91 bits per heavy atom. The number of anilines is 2. The zero-order valence-electron chi connectivity index (χ0n) is 13.2. The molecule has 0 aliphatic carbocycles. The lowest BCUT2D eigenvalue weighted by molar-refractivity contribution is 0.943. The van der Waals surface area contributed by atoms with Crippen LogP contribution in [0.25, 0.3) is 11.0 Å². The number of fused-ring (bicyclic) bond motifs is 1. The van der Waals surface area contributed by atoms with Gasteiger partial charge in [-0.15, -0.1) is 0 Å². The monoisotopic (exact) mass is 306 g/mol. The molecule has 1 aromatic carbocycles. The second kappa shape index (κ2) is 5.97. The number of pyridine rings is 1. The summed E-state index contributed by atoms with van der Waals surface area (Å²) in [5, 5.41) is 12.4. The highest BCUT2D eigenvalue weighted by atomic mass is 15.0. The highest BCUT2D eigenvalue weighted by Crippen LogP contribution is 2.21. The van der Waals surface area contributed by atoms with E-state index in [9.17, 15) is 0 Å². The van der Waals surface area contributed by atoms with Gasteiger partial charge in [0.15, 0.2) is 5.82 Å². The molecule has 6 nitrogen and oxygen atoms in total. The first-order valence-electron chi connectivity index (χ1n) is 7.45. The molecule has 0 aliphatic rings. The fraction of sp³-hybridized carbons (Fsp3) is 0.235.